The SMILES string of the molecule is C[C@@H]1CCCCN1CCNC(=O)N1CCC(OCC(N)=O)CC1. The van der Waals surface area contributed by atoms with E-state index in [1.807, 2.05) is 4.90 Å². The van der Waals surface area contributed by atoms with E-state index in [4.69, 9.17) is 10.5 Å². The summed E-state index contributed by atoms with van der Waals surface area (Å²) in [6, 6.07) is 0.627. The van der Waals surface area contributed by atoms with Crippen LogP contribution in [-0.2, 0) is 9.53 Å². The number of urea groups is 1. The Labute approximate surface area is 138 Å². The Kier molecular flexibility index (Phi) is 7.11. The van der Waals surface area contributed by atoms with E-state index in [9.17, 15) is 9.59 Å². The van der Waals surface area contributed by atoms with Crippen LogP contribution in [0.3, 0.4) is 0 Å². The third-order valence-electron chi connectivity index (χ3n) is 4.81. The minimum atomic E-state index is -0.447. The van der Waals surface area contributed by atoms with Gasteiger partial charge in [0.15, 0.2) is 0 Å². The summed E-state index contributed by atoms with van der Waals surface area (Å²) in [4.78, 5) is 27.2. The number of carbonyl (C=O) groups is 2. The number of nitrogens with zero attached hydrogens (tertiary/aromatic N) is 2. The molecule has 3 N–H and O–H groups in total. The van der Waals surface area contributed by atoms with Gasteiger partial charge < -0.3 is 20.7 Å². The summed E-state index contributed by atoms with van der Waals surface area (Å²) in [5.41, 5.74) is 5.07. The number of hydrogen-bond donors (Lipinski definition) is 2. The van der Waals surface area contributed by atoms with Gasteiger partial charge in [0.1, 0.15) is 6.61 Å². The van der Waals surface area contributed by atoms with E-state index in [2.05, 4.69) is 17.1 Å². The van der Waals surface area contributed by atoms with Crippen LogP contribution in [0.5, 0.6) is 0 Å². The van der Waals surface area contributed by atoms with Gasteiger partial charge in [0.25, 0.3) is 0 Å². The fourth-order valence-electron chi connectivity index (χ4n) is 3.33. The standard InChI is InChI=1S/C16H30N4O3/c1-13-4-2-3-8-19(13)11-7-18-16(22)20-9-5-14(6-10-20)23-12-15(17)21/h13-14H,2-12H2,1H3,(H2,17,21)(H,18,22)/t13-/m1/s1. The molecule has 23 heavy (non-hydrogen) atoms. The van der Waals surface area contributed by atoms with Gasteiger partial charge in [-0.1, -0.05) is 6.42 Å². The van der Waals surface area contributed by atoms with Gasteiger partial charge in [0.2, 0.25) is 5.91 Å². The van der Waals surface area contributed by atoms with Crippen LogP contribution in [0.1, 0.15) is 39.0 Å². The number of likely N-dealkylation sites (tertiary alicyclic amines) is 2. The molecule has 2 aliphatic rings. The van der Waals surface area contributed by atoms with E-state index in [0.717, 1.165) is 25.9 Å². The van der Waals surface area contributed by atoms with Crippen molar-refractivity contribution in [2.45, 2.75) is 51.2 Å². The first-order chi connectivity index (χ1) is 11.1. The van der Waals surface area contributed by atoms with Crippen LogP contribution in [0.2, 0.25) is 0 Å². The van der Waals surface area contributed by atoms with Crippen molar-refractivity contribution in [3.05, 3.63) is 0 Å². The zero-order valence-electron chi connectivity index (χ0n) is 14.1. The lowest BCUT2D eigenvalue weighted by molar-refractivity contribution is -0.125. The molecule has 2 rings (SSSR count). The van der Waals surface area contributed by atoms with E-state index in [0.29, 0.717) is 25.7 Å². The van der Waals surface area contributed by atoms with E-state index < -0.39 is 5.91 Å². The van der Waals surface area contributed by atoms with Gasteiger partial charge in [0, 0.05) is 32.2 Å². The van der Waals surface area contributed by atoms with Gasteiger partial charge in [-0.15, -0.1) is 0 Å². The smallest absolute Gasteiger partial charge is 0.317 e. The molecule has 2 saturated heterocycles. The van der Waals surface area contributed by atoms with Gasteiger partial charge in [-0.3, -0.25) is 9.69 Å². The minimum Gasteiger partial charge on any atom is -0.368 e. The number of ether oxygens (including phenoxy) is 1. The largest absolute Gasteiger partial charge is 0.368 e. The molecule has 132 valence electrons. The maximum atomic E-state index is 12.2. The molecule has 0 aromatic heterocycles. The van der Waals surface area contributed by atoms with Crippen molar-refractivity contribution in [2.75, 3.05) is 39.3 Å². The van der Waals surface area contributed by atoms with Crippen LogP contribution in [0.15, 0.2) is 0 Å². The van der Waals surface area contributed by atoms with Gasteiger partial charge in [-0.25, -0.2) is 4.79 Å². The molecule has 0 aromatic rings. The van der Waals surface area contributed by atoms with Crippen molar-refractivity contribution in [2.24, 2.45) is 5.73 Å². The molecule has 0 radical (unpaired) electrons. The van der Waals surface area contributed by atoms with Crippen molar-refractivity contribution >= 4 is 11.9 Å². The predicted molar refractivity (Wildman–Crippen MR) is 88.0 cm³/mol. The third kappa shape index (κ3) is 5.99. The van der Waals surface area contributed by atoms with Crippen molar-refractivity contribution in [1.29, 1.82) is 0 Å². The number of primary amides is 1. The van der Waals surface area contributed by atoms with Crippen LogP contribution in [-0.4, -0.2) is 73.2 Å². The maximum Gasteiger partial charge on any atom is 0.317 e. The van der Waals surface area contributed by atoms with Crippen LogP contribution < -0.4 is 11.1 Å². The molecular formula is C16H30N4O3. The fraction of sp³-hybridized carbons (Fsp3) is 0.875. The molecule has 3 amide bonds. The second kappa shape index (κ2) is 9.08. The summed E-state index contributed by atoms with van der Waals surface area (Å²) >= 11 is 0. The average molecular weight is 326 g/mol. The Bertz CT molecular complexity index is 397. The third-order valence-corrected chi connectivity index (χ3v) is 4.81. The van der Waals surface area contributed by atoms with E-state index in [-0.39, 0.29) is 18.7 Å². The summed E-state index contributed by atoms with van der Waals surface area (Å²) < 4.78 is 5.41. The van der Waals surface area contributed by atoms with Crippen molar-refractivity contribution in [3.63, 3.8) is 0 Å². The van der Waals surface area contributed by atoms with Crippen molar-refractivity contribution < 1.29 is 14.3 Å². The average Bonchev–Trinajstić information content (AvgIpc) is 2.55. The molecule has 0 saturated carbocycles. The first kappa shape index (κ1) is 18.0. The number of nitrogens with one attached hydrogen (secondary N) is 1. The van der Waals surface area contributed by atoms with E-state index in [1.165, 1.54) is 19.3 Å². The Balaban J connectivity index is 1.60. The van der Waals surface area contributed by atoms with Gasteiger partial charge in [0.05, 0.1) is 6.10 Å². The molecule has 0 bridgehead atoms. The first-order valence-electron chi connectivity index (χ1n) is 8.73. The summed E-state index contributed by atoms with van der Waals surface area (Å²) in [7, 11) is 0. The van der Waals surface area contributed by atoms with E-state index in [1.54, 1.807) is 0 Å². The normalized spacial score (nSPS) is 23.7. The lowest BCUT2D eigenvalue weighted by Crippen LogP contribution is -2.48. The Morgan fingerprint density at radius 2 is 1.91 bits per heavy atom. The van der Waals surface area contributed by atoms with Crippen LogP contribution in [0, 0.1) is 0 Å². The lowest BCUT2D eigenvalue weighted by atomic mass is 10.0. The molecule has 7 heteroatoms. The molecule has 0 aliphatic carbocycles. The lowest BCUT2D eigenvalue weighted by Gasteiger charge is -2.34. The second-order valence-electron chi connectivity index (χ2n) is 6.58. The number of hydrogen-bond acceptors (Lipinski definition) is 4. The highest BCUT2D eigenvalue weighted by Crippen LogP contribution is 2.16. The van der Waals surface area contributed by atoms with Gasteiger partial charge in [-0.2, -0.15) is 0 Å². The number of amides is 3. The fourth-order valence-corrected chi connectivity index (χ4v) is 3.33. The highest BCUT2D eigenvalue weighted by Gasteiger charge is 2.24. The number of carbonyl (C=O) groups excluding carboxylic acids is 2. The zero-order chi connectivity index (χ0) is 16.7. The first-order valence-corrected chi connectivity index (χ1v) is 8.73. The minimum absolute atomic E-state index is 0.00279. The van der Waals surface area contributed by atoms with Crippen LogP contribution in [0.4, 0.5) is 4.79 Å². The molecule has 2 aliphatic heterocycles. The number of nitrogens with two attached hydrogens (primary N) is 1. The second-order valence-corrected chi connectivity index (χ2v) is 6.58. The molecule has 2 heterocycles. The molecule has 0 spiro atoms. The van der Waals surface area contributed by atoms with Gasteiger partial charge >= 0.3 is 6.03 Å². The Hall–Kier alpha value is -1.34. The summed E-state index contributed by atoms with van der Waals surface area (Å²) in [6.07, 6.45) is 5.37. The molecule has 7 nitrogen and oxygen atoms in total. The maximum absolute atomic E-state index is 12.2. The quantitative estimate of drug-likeness (QED) is 0.745. The van der Waals surface area contributed by atoms with Crippen molar-refractivity contribution in [1.82, 2.24) is 15.1 Å². The van der Waals surface area contributed by atoms with E-state index >= 15 is 0 Å². The van der Waals surface area contributed by atoms with Crippen LogP contribution >= 0.6 is 0 Å². The number of rotatable bonds is 6. The molecule has 0 aromatic carbocycles. The molecular weight excluding hydrogens is 296 g/mol. The Morgan fingerprint density at radius 1 is 1.17 bits per heavy atom. The molecule has 0 unspecified atom stereocenters. The highest BCUT2D eigenvalue weighted by atomic mass is 16.5. The van der Waals surface area contributed by atoms with Gasteiger partial charge in [-0.05, 0) is 39.2 Å². The van der Waals surface area contributed by atoms with Crippen molar-refractivity contribution in [3.8, 4) is 0 Å². The highest BCUT2D eigenvalue weighted by molar-refractivity contribution is 5.75. The summed E-state index contributed by atoms with van der Waals surface area (Å²) in [5, 5.41) is 3.02. The summed E-state index contributed by atoms with van der Waals surface area (Å²) in [6.45, 7) is 6.31. The topological polar surface area (TPSA) is 87.9 Å². The zero-order valence-corrected chi connectivity index (χ0v) is 14.1. The molecule has 2 fully saturated rings. The Morgan fingerprint density at radius 3 is 2.57 bits per heavy atom. The predicted octanol–water partition coefficient (Wildman–Crippen LogP) is 0.537. The monoisotopic (exact) mass is 326 g/mol. The van der Waals surface area contributed by atoms with Crippen LogP contribution in [0.25, 0.3) is 0 Å². The molecule has 1 atom stereocenters. The summed E-state index contributed by atoms with van der Waals surface area (Å²) in [5.74, 6) is -0.447. The number of piperidine rings is 2.